The summed E-state index contributed by atoms with van der Waals surface area (Å²) in [5.41, 5.74) is 0.502. The largest absolute Gasteiger partial charge is 0.486 e. The highest BCUT2D eigenvalue weighted by Crippen LogP contribution is 2.34. The van der Waals surface area contributed by atoms with Crippen molar-refractivity contribution in [2.24, 2.45) is 0 Å². The highest BCUT2D eigenvalue weighted by molar-refractivity contribution is 5.94. The third kappa shape index (κ3) is 3.46. The van der Waals surface area contributed by atoms with E-state index < -0.39 is 23.1 Å². The van der Waals surface area contributed by atoms with Gasteiger partial charge in [0.25, 0.3) is 5.91 Å². The molecule has 3 aromatic rings. The van der Waals surface area contributed by atoms with Gasteiger partial charge in [0.2, 0.25) is 0 Å². The Morgan fingerprint density at radius 2 is 1.78 bits per heavy atom. The Hall–Kier alpha value is -3.42. The Kier molecular flexibility index (Phi) is 4.45. The first-order valence-electron chi connectivity index (χ1n) is 8.19. The van der Waals surface area contributed by atoms with Gasteiger partial charge in [-0.15, -0.1) is 0 Å². The van der Waals surface area contributed by atoms with Gasteiger partial charge < -0.3 is 19.3 Å². The van der Waals surface area contributed by atoms with E-state index in [0.717, 1.165) is 17.7 Å². The molecule has 2 aromatic carbocycles. The number of carbonyl (C=O) groups is 1. The number of carbonyl (C=O) groups excluding carboxylic acids is 1. The Bertz CT molecular complexity index is 983. The molecule has 1 N–H and O–H groups in total. The summed E-state index contributed by atoms with van der Waals surface area (Å²) < 4.78 is 43.5. The third-order valence-electron chi connectivity index (χ3n) is 4.01. The maximum atomic E-state index is 13.6. The van der Waals surface area contributed by atoms with Crippen molar-refractivity contribution in [2.75, 3.05) is 13.2 Å². The molecule has 0 atom stereocenters. The first kappa shape index (κ1) is 17.0. The standard InChI is InChI=1S/C19H14F2N2O4/c20-13-2-1-3-14(21)18(13)19(24)22-10-12-9-16(27-23-12)11-4-5-15-17(8-11)26-7-6-25-15/h1-5,8-9H,6-7,10H2,(H,22,24). The van der Waals surface area contributed by atoms with Gasteiger partial charge in [0.1, 0.15) is 36.1 Å². The van der Waals surface area contributed by atoms with Crippen molar-refractivity contribution in [3.8, 4) is 22.8 Å². The fraction of sp³-hybridized carbons (Fsp3) is 0.158. The molecule has 4 rings (SSSR count). The Labute approximate surface area is 152 Å². The van der Waals surface area contributed by atoms with Crippen molar-refractivity contribution in [1.82, 2.24) is 10.5 Å². The molecular formula is C19H14F2N2O4. The fourth-order valence-corrected chi connectivity index (χ4v) is 2.70. The molecule has 6 nitrogen and oxygen atoms in total. The van der Waals surface area contributed by atoms with Gasteiger partial charge in [0.15, 0.2) is 17.3 Å². The van der Waals surface area contributed by atoms with Gasteiger partial charge in [-0.3, -0.25) is 4.79 Å². The summed E-state index contributed by atoms with van der Waals surface area (Å²) in [6.07, 6.45) is 0. The molecule has 0 radical (unpaired) electrons. The Morgan fingerprint density at radius 3 is 2.56 bits per heavy atom. The van der Waals surface area contributed by atoms with Crippen molar-refractivity contribution in [3.63, 3.8) is 0 Å². The molecule has 1 aromatic heterocycles. The minimum absolute atomic E-state index is 0.0410. The summed E-state index contributed by atoms with van der Waals surface area (Å²) in [6.45, 7) is 0.929. The normalized spacial score (nSPS) is 12.7. The molecule has 1 aliphatic heterocycles. The zero-order chi connectivity index (χ0) is 18.8. The van der Waals surface area contributed by atoms with Crippen LogP contribution in [0.4, 0.5) is 8.78 Å². The molecule has 0 unspecified atom stereocenters. The molecule has 0 saturated heterocycles. The van der Waals surface area contributed by atoms with E-state index in [0.29, 0.717) is 36.2 Å². The third-order valence-corrected chi connectivity index (χ3v) is 4.01. The highest BCUT2D eigenvalue weighted by Gasteiger charge is 2.18. The van der Waals surface area contributed by atoms with Crippen LogP contribution in [-0.4, -0.2) is 24.3 Å². The molecule has 138 valence electrons. The summed E-state index contributed by atoms with van der Waals surface area (Å²) in [4.78, 5) is 12.0. The van der Waals surface area contributed by atoms with Gasteiger partial charge >= 0.3 is 0 Å². The van der Waals surface area contributed by atoms with Crippen LogP contribution in [0.2, 0.25) is 0 Å². The van der Waals surface area contributed by atoms with E-state index in [1.54, 1.807) is 24.3 Å². The summed E-state index contributed by atoms with van der Waals surface area (Å²) in [6, 6.07) is 10.2. The Morgan fingerprint density at radius 1 is 1.04 bits per heavy atom. The lowest BCUT2D eigenvalue weighted by Crippen LogP contribution is -2.25. The van der Waals surface area contributed by atoms with E-state index in [2.05, 4.69) is 10.5 Å². The van der Waals surface area contributed by atoms with E-state index in [-0.39, 0.29) is 6.54 Å². The molecule has 1 aliphatic rings. The van der Waals surface area contributed by atoms with Crippen LogP contribution in [0.25, 0.3) is 11.3 Å². The SMILES string of the molecule is O=C(NCc1cc(-c2ccc3c(c2)OCCO3)on1)c1c(F)cccc1F. The average molecular weight is 372 g/mol. The van der Waals surface area contributed by atoms with E-state index in [1.165, 1.54) is 6.07 Å². The van der Waals surface area contributed by atoms with Crippen LogP contribution >= 0.6 is 0 Å². The van der Waals surface area contributed by atoms with E-state index in [4.69, 9.17) is 14.0 Å². The second-order valence-electron chi connectivity index (χ2n) is 5.82. The molecule has 0 spiro atoms. The first-order valence-corrected chi connectivity index (χ1v) is 8.19. The predicted octanol–water partition coefficient (Wildman–Crippen LogP) is 3.32. The van der Waals surface area contributed by atoms with Gasteiger partial charge in [-0.05, 0) is 30.3 Å². The summed E-state index contributed by atoms with van der Waals surface area (Å²) >= 11 is 0. The Balaban J connectivity index is 1.46. The summed E-state index contributed by atoms with van der Waals surface area (Å²) in [5, 5.41) is 6.29. The maximum Gasteiger partial charge on any atom is 0.257 e. The number of hydrogen-bond acceptors (Lipinski definition) is 5. The second-order valence-corrected chi connectivity index (χ2v) is 5.82. The van der Waals surface area contributed by atoms with Crippen molar-refractivity contribution in [3.05, 3.63) is 65.4 Å². The van der Waals surface area contributed by atoms with Gasteiger partial charge in [-0.1, -0.05) is 11.2 Å². The van der Waals surface area contributed by atoms with Gasteiger partial charge in [0, 0.05) is 11.6 Å². The summed E-state index contributed by atoms with van der Waals surface area (Å²) in [5.74, 6) is -0.985. The van der Waals surface area contributed by atoms with Crippen LogP contribution in [-0.2, 0) is 6.54 Å². The first-order chi connectivity index (χ1) is 13.1. The monoisotopic (exact) mass is 372 g/mol. The molecule has 8 heteroatoms. The zero-order valence-electron chi connectivity index (χ0n) is 14.0. The molecule has 0 saturated carbocycles. The number of halogens is 2. The quantitative estimate of drug-likeness (QED) is 0.761. The number of nitrogens with one attached hydrogen (secondary N) is 1. The van der Waals surface area contributed by atoms with Crippen LogP contribution in [0, 0.1) is 11.6 Å². The van der Waals surface area contributed by atoms with E-state index in [1.807, 2.05) is 0 Å². The number of nitrogens with zero attached hydrogens (tertiary/aromatic N) is 1. The molecule has 2 heterocycles. The lowest BCUT2D eigenvalue weighted by Gasteiger charge is -2.18. The van der Waals surface area contributed by atoms with E-state index >= 15 is 0 Å². The number of rotatable bonds is 4. The van der Waals surface area contributed by atoms with Crippen LogP contribution in [0.5, 0.6) is 11.5 Å². The molecule has 0 bridgehead atoms. The average Bonchev–Trinajstić information content (AvgIpc) is 3.15. The van der Waals surface area contributed by atoms with Crippen LogP contribution in [0.3, 0.4) is 0 Å². The lowest BCUT2D eigenvalue weighted by atomic mass is 10.1. The number of ether oxygens (including phenoxy) is 2. The number of benzene rings is 2. The maximum absolute atomic E-state index is 13.6. The molecule has 27 heavy (non-hydrogen) atoms. The number of hydrogen-bond donors (Lipinski definition) is 1. The number of aromatic nitrogens is 1. The molecule has 0 aliphatic carbocycles. The highest BCUT2D eigenvalue weighted by atomic mass is 19.1. The summed E-state index contributed by atoms with van der Waals surface area (Å²) in [7, 11) is 0. The second kappa shape index (κ2) is 7.06. The van der Waals surface area contributed by atoms with Crippen molar-refractivity contribution in [1.29, 1.82) is 0 Å². The predicted molar refractivity (Wildman–Crippen MR) is 90.5 cm³/mol. The van der Waals surface area contributed by atoms with Gasteiger partial charge in [-0.2, -0.15) is 0 Å². The molecular weight excluding hydrogens is 358 g/mol. The van der Waals surface area contributed by atoms with Crippen LogP contribution in [0.1, 0.15) is 16.1 Å². The number of amides is 1. The molecule has 0 fully saturated rings. The minimum atomic E-state index is -0.926. The van der Waals surface area contributed by atoms with Gasteiger partial charge in [0.05, 0.1) is 6.54 Å². The van der Waals surface area contributed by atoms with Crippen molar-refractivity contribution >= 4 is 5.91 Å². The zero-order valence-corrected chi connectivity index (χ0v) is 14.0. The van der Waals surface area contributed by atoms with Crippen molar-refractivity contribution < 1.29 is 27.6 Å². The number of fused-ring (bicyclic) bond motifs is 1. The topological polar surface area (TPSA) is 73.6 Å². The van der Waals surface area contributed by atoms with Crippen molar-refractivity contribution in [2.45, 2.75) is 6.54 Å². The van der Waals surface area contributed by atoms with Gasteiger partial charge in [-0.25, -0.2) is 8.78 Å². The van der Waals surface area contributed by atoms with E-state index in [9.17, 15) is 13.6 Å². The lowest BCUT2D eigenvalue weighted by molar-refractivity contribution is 0.0941. The fourth-order valence-electron chi connectivity index (χ4n) is 2.70. The molecule has 1 amide bonds. The van der Waals surface area contributed by atoms with Crippen LogP contribution < -0.4 is 14.8 Å². The minimum Gasteiger partial charge on any atom is -0.486 e. The smallest absolute Gasteiger partial charge is 0.257 e. The van der Waals surface area contributed by atoms with Crippen LogP contribution in [0.15, 0.2) is 47.0 Å².